The number of nitrogens with two attached hydrogens (primary N) is 1. The molecule has 0 saturated heterocycles. The molecule has 0 aliphatic carbocycles. The summed E-state index contributed by atoms with van der Waals surface area (Å²) in [6.07, 6.45) is 0. The zero-order valence-corrected chi connectivity index (χ0v) is 11.3. The Hall–Kier alpha value is -1.46. The van der Waals surface area contributed by atoms with Crippen LogP contribution in [0.5, 0.6) is 0 Å². The molecule has 6 heteroatoms. The van der Waals surface area contributed by atoms with Crippen molar-refractivity contribution >= 4 is 28.9 Å². The van der Waals surface area contributed by atoms with Gasteiger partial charge in [0.15, 0.2) is 0 Å². The summed E-state index contributed by atoms with van der Waals surface area (Å²) in [5.41, 5.74) is 6.99. The number of hydrogen-bond acceptors (Lipinski definition) is 4. The van der Waals surface area contributed by atoms with Crippen LogP contribution in [0.4, 0.5) is 11.4 Å². The largest absolute Gasteiger partial charge is 0.397 e. The van der Waals surface area contributed by atoms with Gasteiger partial charge in [-0.3, -0.25) is 4.79 Å². The predicted molar refractivity (Wildman–Crippen MR) is 73.8 cm³/mol. The molecule has 18 heavy (non-hydrogen) atoms. The number of methoxy groups -OCH3 is 1. The topological polar surface area (TPSA) is 76.4 Å². The van der Waals surface area contributed by atoms with Crippen molar-refractivity contribution in [3.63, 3.8) is 0 Å². The molecular weight excluding hydrogens is 254 g/mol. The van der Waals surface area contributed by atoms with E-state index in [0.717, 1.165) is 0 Å². The van der Waals surface area contributed by atoms with Crippen LogP contribution < -0.4 is 16.4 Å². The average molecular weight is 272 g/mol. The van der Waals surface area contributed by atoms with Gasteiger partial charge in [-0.05, 0) is 25.1 Å². The maximum atomic E-state index is 11.7. The Labute approximate surface area is 112 Å². The molecule has 1 unspecified atom stereocenters. The minimum absolute atomic E-state index is 0.110. The number of rotatable bonds is 6. The van der Waals surface area contributed by atoms with Crippen molar-refractivity contribution in [3.05, 3.63) is 23.2 Å². The number of hydrogen-bond donors (Lipinski definition) is 3. The van der Waals surface area contributed by atoms with E-state index in [0.29, 0.717) is 29.5 Å². The van der Waals surface area contributed by atoms with Gasteiger partial charge in [-0.1, -0.05) is 11.6 Å². The molecule has 0 fully saturated rings. The van der Waals surface area contributed by atoms with Crippen molar-refractivity contribution in [1.82, 2.24) is 5.32 Å². The number of amides is 1. The lowest BCUT2D eigenvalue weighted by Gasteiger charge is -2.16. The second-order valence-corrected chi connectivity index (χ2v) is 4.32. The third kappa shape index (κ3) is 4.43. The van der Waals surface area contributed by atoms with Crippen LogP contribution in [0.2, 0.25) is 5.02 Å². The van der Waals surface area contributed by atoms with E-state index in [1.807, 2.05) is 0 Å². The van der Waals surface area contributed by atoms with Gasteiger partial charge in [0, 0.05) is 18.7 Å². The predicted octanol–water partition coefficient (Wildman–Crippen LogP) is 1.49. The maximum Gasteiger partial charge on any atom is 0.242 e. The van der Waals surface area contributed by atoms with E-state index in [1.165, 1.54) is 0 Å². The highest BCUT2D eigenvalue weighted by Crippen LogP contribution is 2.23. The van der Waals surface area contributed by atoms with Crippen molar-refractivity contribution in [2.75, 3.05) is 31.3 Å². The van der Waals surface area contributed by atoms with Gasteiger partial charge in [0.25, 0.3) is 0 Å². The third-order valence-corrected chi connectivity index (χ3v) is 2.62. The molecule has 0 aliphatic rings. The van der Waals surface area contributed by atoms with Crippen LogP contribution in [0.25, 0.3) is 0 Å². The lowest BCUT2D eigenvalue weighted by molar-refractivity contribution is -0.121. The van der Waals surface area contributed by atoms with Gasteiger partial charge in [-0.2, -0.15) is 0 Å². The molecule has 0 saturated carbocycles. The Kier molecular flexibility index (Phi) is 5.74. The number of ether oxygens (including phenoxy) is 1. The van der Waals surface area contributed by atoms with Crippen molar-refractivity contribution in [2.24, 2.45) is 0 Å². The molecule has 0 bridgehead atoms. The van der Waals surface area contributed by atoms with E-state index in [-0.39, 0.29) is 11.9 Å². The Bertz CT molecular complexity index is 412. The fourth-order valence-electron chi connectivity index (χ4n) is 1.39. The van der Waals surface area contributed by atoms with Crippen molar-refractivity contribution < 1.29 is 9.53 Å². The van der Waals surface area contributed by atoms with E-state index in [4.69, 9.17) is 22.1 Å². The molecule has 1 amide bonds. The van der Waals surface area contributed by atoms with Gasteiger partial charge in [0.1, 0.15) is 6.04 Å². The van der Waals surface area contributed by atoms with Crippen LogP contribution in [0.3, 0.4) is 0 Å². The first-order valence-electron chi connectivity index (χ1n) is 5.62. The molecular formula is C12H18ClN3O2. The fraction of sp³-hybridized carbons (Fsp3) is 0.417. The standard InChI is InChI=1S/C12H18ClN3O2/c1-8(12(17)15-5-6-18-2)16-11-4-3-9(13)7-10(11)14/h3-4,7-8,16H,5-6,14H2,1-2H3,(H,15,17). The first kappa shape index (κ1) is 14.6. The van der Waals surface area contributed by atoms with E-state index >= 15 is 0 Å². The highest BCUT2D eigenvalue weighted by atomic mass is 35.5. The number of carbonyl (C=O) groups is 1. The molecule has 4 N–H and O–H groups in total. The molecule has 100 valence electrons. The molecule has 0 aromatic heterocycles. The fourth-order valence-corrected chi connectivity index (χ4v) is 1.57. The number of nitrogen functional groups attached to an aromatic ring is 1. The van der Waals surface area contributed by atoms with E-state index in [9.17, 15) is 4.79 Å². The number of halogens is 1. The third-order valence-electron chi connectivity index (χ3n) is 2.38. The van der Waals surface area contributed by atoms with E-state index in [1.54, 1.807) is 32.2 Å². The Morgan fingerprint density at radius 3 is 2.89 bits per heavy atom. The molecule has 1 rings (SSSR count). The van der Waals surface area contributed by atoms with Gasteiger partial charge < -0.3 is 21.1 Å². The quantitative estimate of drug-likeness (QED) is 0.541. The highest BCUT2D eigenvalue weighted by Gasteiger charge is 2.13. The van der Waals surface area contributed by atoms with E-state index in [2.05, 4.69) is 10.6 Å². The van der Waals surface area contributed by atoms with Crippen molar-refractivity contribution in [2.45, 2.75) is 13.0 Å². The maximum absolute atomic E-state index is 11.7. The molecule has 0 aliphatic heterocycles. The summed E-state index contributed by atoms with van der Waals surface area (Å²) in [7, 11) is 1.59. The molecule has 1 aromatic carbocycles. The van der Waals surface area contributed by atoms with E-state index < -0.39 is 0 Å². The second kappa shape index (κ2) is 7.08. The van der Waals surface area contributed by atoms with Crippen LogP contribution in [0.1, 0.15) is 6.92 Å². The van der Waals surface area contributed by atoms with Gasteiger partial charge in [-0.15, -0.1) is 0 Å². The first-order valence-corrected chi connectivity index (χ1v) is 6.00. The average Bonchev–Trinajstić information content (AvgIpc) is 2.32. The van der Waals surface area contributed by atoms with Crippen molar-refractivity contribution in [1.29, 1.82) is 0 Å². The molecule has 1 aromatic rings. The molecule has 5 nitrogen and oxygen atoms in total. The lowest BCUT2D eigenvalue weighted by Crippen LogP contribution is -2.39. The summed E-state index contributed by atoms with van der Waals surface area (Å²) in [5, 5.41) is 6.33. The minimum atomic E-state index is -0.384. The van der Waals surface area contributed by atoms with Crippen LogP contribution in [0.15, 0.2) is 18.2 Å². The summed E-state index contributed by atoms with van der Waals surface area (Å²) >= 11 is 5.80. The summed E-state index contributed by atoms with van der Waals surface area (Å²) < 4.78 is 4.85. The smallest absolute Gasteiger partial charge is 0.242 e. The van der Waals surface area contributed by atoms with Crippen LogP contribution >= 0.6 is 11.6 Å². The summed E-state index contributed by atoms with van der Waals surface area (Å²) in [6.45, 7) is 2.73. The highest BCUT2D eigenvalue weighted by molar-refractivity contribution is 6.31. The van der Waals surface area contributed by atoms with Gasteiger partial charge in [0.2, 0.25) is 5.91 Å². The Morgan fingerprint density at radius 1 is 1.56 bits per heavy atom. The summed E-state index contributed by atoms with van der Waals surface area (Å²) in [4.78, 5) is 11.7. The number of benzene rings is 1. The van der Waals surface area contributed by atoms with Gasteiger partial charge >= 0.3 is 0 Å². The summed E-state index contributed by atoms with van der Waals surface area (Å²) in [6, 6.07) is 4.72. The zero-order valence-electron chi connectivity index (χ0n) is 10.5. The van der Waals surface area contributed by atoms with Gasteiger partial charge in [-0.25, -0.2) is 0 Å². The van der Waals surface area contributed by atoms with Crippen LogP contribution in [0, 0.1) is 0 Å². The normalized spacial score (nSPS) is 11.9. The monoisotopic (exact) mass is 271 g/mol. The first-order chi connectivity index (χ1) is 8.54. The minimum Gasteiger partial charge on any atom is -0.397 e. The Balaban J connectivity index is 2.53. The second-order valence-electron chi connectivity index (χ2n) is 3.88. The zero-order chi connectivity index (χ0) is 13.5. The molecule has 1 atom stereocenters. The van der Waals surface area contributed by atoms with Crippen LogP contribution in [-0.2, 0) is 9.53 Å². The van der Waals surface area contributed by atoms with Crippen molar-refractivity contribution in [3.8, 4) is 0 Å². The summed E-state index contributed by atoms with van der Waals surface area (Å²) in [5.74, 6) is -0.110. The van der Waals surface area contributed by atoms with Gasteiger partial charge in [0.05, 0.1) is 18.0 Å². The lowest BCUT2D eigenvalue weighted by atomic mass is 10.2. The molecule has 0 heterocycles. The number of carbonyl (C=O) groups excluding carboxylic acids is 1. The van der Waals surface area contributed by atoms with Crippen LogP contribution in [-0.4, -0.2) is 32.2 Å². The number of anilines is 2. The molecule has 0 spiro atoms. The SMILES string of the molecule is COCCNC(=O)C(C)Nc1ccc(Cl)cc1N. The number of nitrogens with one attached hydrogen (secondary N) is 2. The molecule has 0 radical (unpaired) electrons. The Morgan fingerprint density at radius 2 is 2.28 bits per heavy atom.